The van der Waals surface area contributed by atoms with Crippen LogP contribution in [0.1, 0.15) is 70.7 Å². The predicted molar refractivity (Wildman–Crippen MR) is 142 cm³/mol. The quantitative estimate of drug-likeness (QED) is 0.254. The number of nitrogens with zero attached hydrogens (tertiary/aromatic N) is 3. The third-order valence-electron chi connectivity index (χ3n) is 6.24. The third kappa shape index (κ3) is 5.73. The molecule has 4 rings (SSSR count). The van der Waals surface area contributed by atoms with Gasteiger partial charge < -0.3 is 19.4 Å². The van der Waals surface area contributed by atoms with E-state index in [9.17, 15) is 18.1 Å². The Labute approximate surface area is 224 Å². The zero-order valence-electron chi connectivity index (χ0n) is 21.4. The maximum Gasteiger partial charge on any atom is 0.248 e. The van der Waals surface area contributed by atoms with Crippen LogP contribution in [0, 0.1) is 5.41 Å². The first-order chi connectivity index (χ1) is 17.3. The molecule has 0 aliphatic carbocycles. The highest BCUT2D eigenvalue weighted by Gasteiger charge is 2.33. The summed E-state index contributed by atoms with van der Waals surface area (Å²) in [6.07, 6.45) is 3.19. The Balaban J connectivity index is 1.76. The van der Waals surface area contributed by atoms with Gasteiger partial charge in [-0.15, -0.1) is 4.37 Å². The molecule has 2 aromatic heterocycles. The normalized spacial score (nSPS) is 17.1. The first-order valence-corrected chi connectivity index (χ1v) is 14.9. The summed E-state index contributed by atoms with van der Waals surface area (Å²) in [6.45, 7) is 10.9. The van der Waals surface area contributed by atoms with Crippen LogP contribution in [0.4, 0.5) is 11.5 Å². The molecule has 3 aromatic rings. The molecule has 1 saturated heterocycles. The molecule has 202 valence electrons. The van der Waals surface area contributed by atoms with Crippen molar-refractivity contribution in [3.8, 4) is 5.75 Å². The maximum absolute atomic E-state index is 13.2. The molecule has 0 radical (unpaired) electrons. The fraction of sp³-hybridized carbons (Fsp3) is 0.500. The van der Waals surface area contributed by atoms with Gasteiger partial charge in [-0.3, -0.25) is 0 Å². The van der Waals surface area contributed by atoms with Gasteiger partial charge in [0, 0.05) is 17.5 Å². The molecule has 0 spiro atoms. The van der Waals surface area contributed by atoms with Crippen molar-refractivity contribution in [2.75, 3.05) is 18.4 Å². The molecule has 0 amide bonds. The number of sulfonamides is 1. The van der Waals surface area contributed by atoms with Gasteiger partial charge >= 0.3 is 0 Å². The number of aromatic nitrogens is 2. The van der Waals surface area contributed by atoms with Crippen LogP contribution >= 0.6 is 22.7 Å². The van der Waals surface area contributed by atoms with Crippen LogP contribution in [0.2, 0.25) is 5.02 Å². The summed E-state index contributed by atoms with van der Waals surface area (Å²) in [5.74, 6) is 0.473. The van der Waals surface area contributed by atoms with Crippen LogP contribution < -0.4 is 10.8 Å². The number of furan rings is 1. The zero-order chi connectivity index (χ0) is 27.1. The average molecular weight is 570 g/mol. The van der Waals surface area contributed by atoms with E-state index in [0.717, 1.165) is 18.4 Å². The minimum Gasteiger partial charge on any atom is -0.548 e. The lowest BCUT2D eigenvalue weighted by Crippen LogP contribution is -2.28. The van der Waals surface area contributed by atoms with Gasteiger partial charge in [-0.25, -0.2) is 13.4 Å². The van der Waals surface area contributed by atoms with Crippen LogP contribution in [-0.2, 0) is 10.0 Å². The molecule has 37 heavy (non-hydrogen) atoms. The summed E-state index contributed by atoms with van der Waals surface area (Å²) in [6, 6.07) is 4.33. The highest BCUT2D eigenvalue weighted by molar-refractivity contribution is 7.89. The number of hydrogen-bond acceptors (Lipinski definition) is 8. The third-order valence-corrected chi connectivity index (χ3v) is 9.35. The zero-order valence-corrected chi connectivity index (χ0v) is 23.8. The van der Waals surface area contributed by atoms with Gasteiger partial charge in [0.1, 0.15) is 16.7 Å². The molecular formula is C24H32ClN5O5S2. The van der Waals surface area contributed by atoms with E-state index in [0.29, 0.717) is 18.8 Å². The van der Waals surface area contributed by atoms with E-state index in [4.69, 9.17) is 21.0 Å². The van der Waals surface area contributed by atoms with Crippen LogP contribution in [0.3, 0.4) is 0 Å². The number of rotatable bonds is 7. The lowest BCUT2D eigenvalue weighted by Gasteiger charge is -2.25. The minimum atomic E-state index is -4.01. The molecule has 2 atom stereocenters. The van der Waals surface area contributed by atoms with E-state index in [2.05, 4.69) is 27.9 Å². The number of nitrogens with one attached hydrogen (secondary N) is 2. The largest absolute Gasteiger partial charge is 0.548 e. The van der Waals surface area contributed by atoms with Crippen LogP contribution in [0.5, 0.6) is 5.75 Å². The number of anilines is 2. The molecule has 0 bridgehead atoms. The molecule has 1 unspecified atom stereocenters. The van der Waals surface area contributed by atoms with Crippen molar-refractivity contribution in [3.05, 3.63) is 46.3 Å². The standard InChI is InChI=1S/C24H32ClN5O5S2/c1-14(2)15-12-18(35-13-15)21(24(3,4)5)27-23-22(28-36(32)29-23)26-17-9-8-16(25)20(19(17)31)37(33,34)30-10-6-7-11-30/h8-9,12-14,21,31H,6-7,10-11H2,1-5H3,(H,26,28)(H,27,29)/t21-,36?/m0/s1. The van der Waals surface area contributed by atoms with Crippen LogP contribution in [0.15, 0.2) is 38.8 Å². The number of halogens is 1. The van der Waals surface area contributed by atoms with E-state index < -0.39 is 33.0 Å². The van der Waals surface area contributed by atoms with Crippen LogP contribution in [-0.4, -0.2) is 44.2 Å². The van der Waals surface area contributed by atoms with Gasteiger partial charge in [0.25, 0.3) is 0 Å². The first kappa shape index (κ1) is 27.6. The Kier molecular flexibility index (Phi) is 7.78. The van der Waals surface area contributed by atoms with Gasteiger partial charge in [0.2, 0.25) is 21.3 Å². The molecule has 1 aliphatic rings. The van der Waals surface area contributed by atoms with Gasteiger partial charge in [-0.2, -0.15) is 4.31 Å². The van der Waals surface area contributed by atoms with E-state index in [-0.39, 0.29) is 38.2 Å². The Hall–Kier alpha value is -2.38. The second-order valence-corrected chi connectivity index (χ2v) is 13.7. The molecule has 3 heterocycles. The van der Waals surface area contributed by atoms with Gasteiger partial charge in [0.15, 0.2) is 16.9 Å². The molecular weight excluding hydrogens is 538 g/mol. The predicted octanol–water partition coefficient (Wildman–Crippen LogP) is 5.43. The van der Waals surface area contributed by atoms with E-state index in [1.807, 2.05) is 26.8 Å². The number of aromatic hydroxyl groups is 1. The number of phenols is 1. The SMILES string of the molecule is CC(C)c1coc([C@H](N=c2[nH][s+]([O-])nc2Nc2ccc(Cl)c(S(=O)(=O)N3CCCC3)c2O)C(C)(C)C)c1. The Morgan fingerprint density at radius 3 is 2.57 bits per heavy atom. The van der Waals surface area contributed by atoms with Gasteiger partial charge in [0.05, 0.1) is 17.0 Å². The summed E-state index contributed by atoms with van der Waals surface area (Å²) in [5, 5.41) is 13.8. The summed E-state index contributed by atoms with van der Waals surface area (Å²) >= 11 is 4.41. The first-order valence-electron chi connectivity index (χ1n) is 12.0. The molecule has 1 fully saturated rings. The van der Waals surface area contributed by atoms with Crippen molar-refractivity contribution in [2.45, 2.75) is 64.3 Å². The van der Waals surface area contributed by atoms with E-state index >= 15 is 0 Å². The average Bonchev–Trinajstić information content (AvgIpc) is 3.54. The fourth-order valence-corrected chi connectivity index (χ4v) is 6.92. The lowest BCUT2D eigenvalue weighted by molar-refractivity contribution is 0.282. The molecule has 10 nitrogen and oxygen atoms in total. The van der Waals surface area contributed by atoms with Crippen molar-refractivity contribution >= 4 is 44.3 Å². The number of phenolic OH excluding ortho intramolecular Hbond substituents is 1. The van der Waals surface area contributed by atoms with E-state index in [1.54, 1.807) is 6.26 Å². The highest BCUT2D eigenvalue weighted by Crippen LogP contribution is 2.41. The summed E-state index contributed by atoms with van der Waals surface area (Å²) in [4.78, 5) is 4.41. The second kappa shape index (κ2) is 10.4. The number of aromatic amines is 1. The molecule has 13 heteroatoms. The second-order valence-electron chi connectivity index (χ2n) is 10.5. The number of H-pyrrole nitrogens is 1. The van der Waals surface area contributed by atoms with Crippen molar-refractivity contribution < 1.29 is 22.5 Å². The van der Waals surface area contributed by atoms with Crippen molar-refractivity contribution in [3.63, 3.8) is 0 Å². The molecule has 1 aromatic carbocycles. The van der Waals surface area contributed by atoms with Crippen LogP contribution in [0.25, 0.3) is 0 Å². The number of benzene rings is 1. The lowest BCUT2D eigenvalue weighted by atomic mass is 9.85. The summed E-state index contributed by atoms with van der Waals surface area (Å²) in [5.41, 5.74) is 0.910. The number of hydrogen-bond donors (Lipinski definition) is 3. The molecule has 1 aliphatic heterocycles. The van der Waals surface area contributed by atoms with Gasteiger partial charge in [-0.1, -0.05) is 46.2 Å². The van der Waals surface area contributed by atoms with Crippen molar-refractivity contribution in [1.82, 2.24) is 13.1 Å². The highest BCUT2D eigenvalue weighted by atomic mass is 35.5. The summed E-state index contributed by atoms with van der Waals surface area (Å²) < 4.78 is 52.6. The Morgan fingerprint density at radius 2 is 1.97 bits per heavy atom. The summed E-state index contributed by atoms with van der Waals surface area (Å²) in [7, 11) is -4.01. The van der Waals surface area contributed by atoms with Crippen molar-refractivity contribution in [1.29, 1.82) is 0 Å². The van der Waals surface area contributed by atoms with Crippen molar-refractivity contribution in [2.24, 2.45) is 10.4 Å². The van der Waals surface area contributed by atoms with E-state index in [1.165, 1.54) is 16.4 Å². The smallest absolute Gasteiger partial charge is 0.248 e. The fourth-order valence-electron chi connectivity index (χ4n) is 4.16. The topological polar surface area (TPSA) is 147 Å². The molecule has 3 N–H and O–H groups in total. The Morgan fingerprint density at radius 1 is 1.30 bits per heavy atom. The van der Waals surface area contributed by atoms with Gasteiger partial charge in [-0.05, 0) is 47.9 Å². The Bertz CT molecular complexity index is 1450. The maximum atomic E-state index is 13.2. The minimum absolute atomic E-state index is 0.0433. The molecule has 0 saturated carbocycles. The monoisotopic (exact) mass is 569 g/mol.